The van der Waals surface area contributed by atoms with Gasteiger partial charge < -0.3 is 20.9 Å². The fourth-order valence-electron chi connectivity index (χ4n) is 3.97. The van der Waals surface area contributed by atoms with E-state index in [0.29, 0.717) is 41.4 Å². The molecule has 0 amide bonds. The van der Waals surface area contributed by atoms with Gasteiger partial charge in [-0.25, -0.2) is 21.9 Å². The molecule has 0 spiro atoms. The largest absolute Gasteiger partial charge is 0.368 e. The number of sulfonamides is 1. The van der Waals surface area contributed by atoms with Crippen LogP contribution in [0.25, 0.3) is 0 Å². The summed E-state index contributed by atoms with van der Waals surface area (Å²) in [6.45, 7) is 7.16. The second-order valence-corrected chi connectivity index (χ2v) is 11.7. The molecule has 0 radical (unpaired) electrons. The summed E-state index contributed by atoms with van der Waals surface area (Å²) >= 11 is 0.683. The van der Waals surface area contributed by atoms with Gasteiger partial charge in [-0.3, -0.25) is 0 Å². The Bertz CT molecular complexity index is 1140. The van der Waals surface area contributed by atoms with Crippen molar-refractivity contribution in [2.75, 3.05) is 23.3 Å². The fourth-order valence-corrected chi connectivity index (χ4v) is 6.09. The molecule has 1 aromatic carbocycles. The predicted molar refractivity (Wildman–Crippen MR) is 125 cm³/mol. The minimum atomic E-state index is -3.85. The summed E-state index contributed by atoms with van der Waals surface area (Å²) in [5.41, 5.74) is 0.854. The average Bonchev–Trinajstić information content (AvgIpc) is 3.24. The molecule has 4 N–H and O–H groups in total. The van der Waals surface area contributed by atoms with Gasteiger partial charge in [-0.05, 0) is 45.7 Å². The molecular formula is C20H27F2N7O2S2. The van der Waals surface area contributed by atoms with E-state index in [2.05, 4.69) is 25.6 Å². The Labute approximate surface area is 195 Å². The Kier molecular flexibility index (Phi) is 6.42. The van der Waals surface area contributed by atoms with Gasteiger partial charge in [0.1, 0.15) is 0 Å². The van der Waals surface area contributed by atoms with Crippen molar-refractivity contribution < 1.29 is 17.2 Å². The molecule has 33 heavy (non-hydrogen) atoms. The summed E-state index contributed by atoms with van der Waals surface area (Å²) in [6, 6.07) is 3.31. The maximum Gasteiger partial charge on any atom is 0.291 e. The van der Waals surface area contributed by atoms with Crippen LogP contribution >= 0.6 is 11.3 Å². The molecule has 1 saturated carbocycles. The zero-order valence-corrected chi connectivity index (χ0v) is 20.2. The Balaban J connectivity index is 1.79. The van der Waals surface area contributed by atoms with Crippen LogP contribution in [0.2, 0.25) is 0 Å². The van der Waals surface area contributed by atoms with Gasteiger partial charge in [-0.15, -0.1) is 10.2 Å². The molecule has 1 saturated heterocycles. The third-order valence-corrected chi connectivity index (χ3v) is 8.20. The number of nitrogens with zero attached hydrogens (tertiary/aromatic N) is 3. The van der Waals surface area contributed by atoms with Crippen LogP contribution in [0, 0.1) is 5.41 Å². The number of piperazine rings is 1. The van der Waals surface area contributed by atoms with E-state index in [4.69, 9.17) is 5.41 Å². The number of halogens is 2. The number of benzene rings is 1. The first-order valence-corrected chi connectivity index (χ1v) is 12.9. The maximum atomic E-state index is 13.2. The molecule has 4 rings (SSSR count). The third kappa shape index (κ3) is 5.31. The lowest BCUT2D eigenvalue weighted by molar-refractivity contribution is 0.150. The number of nitrogens with one attached hydrogen (secondary N) is 4. The predicted octanol–water partition coefficient (Wildman–Crippen LogP) is 3.23. The highest BCUT2D eigenvalue weighted by Crippen LogP contribution is 2.38. The molecule has 13 heteroatoms. The molecule has 2 unspecified atom stereocenters. The standard InChI is InChI=1S/C20H27F2N7O2S2/c1-11-9-29(10-12(2)24-11)16-7-13(33(30,31)28-20(3)4-5-20)6-15(14(16)8-23)25-19-27-26-18(32-19)17(21)22/h6-8,11-12,17,23-24,28H,4-5,9-10H2,1-3H3,(H,25,27). The summed E-state index contributed by atoms with van der Waals surface area (Å²) in [7, 11) is -3.85. The van der Waals surface area contributed by atoms with Crippen LogP contribution in [0.3, 0.4) is 0 Å². The van der Waals surface area contributed by atoms with Crippen LogP contribution in [0.1, 0.15) is 50.6 Å². The van der Waals surface area contributed by atoms with E-state index in [1.54, 1.807) is 6.07 Å². The van der Waals surface area contributed by atoms with Gasteiger partial charge in [-0.1, -0.05) is 11.3 Å². The highest BCUT2D eigenvalue weighted by Gasteiger charge is 2.41. The molecule has 2 heterocycles. The monoisotopic (exact) mass is 499 g/mol. The van der Waals surface area contributed by atoms with Crippen LogP contribution < -0.4 is 20.3 Å². The quantitative estimate of drug-likeness (QED) is 0.411. The van der Waals surface area contributed by atoms with E-state index in [1.807, 2.05) is 25.7 Å². The summed E-state index contributed by atoms with van der Waals surface area (Å²) in [4.78, 5) is 2.08. The molecule has 2 aliphatic rings. The zero-order chi connectivity index (χ0) is 24.0. The van der Waals surface area contributed by atoms with Crippen molar-refractivity contribution in [2.45, 2.75) is 62.6 Å². The van der Waals surface area contributed by atoms with E-state index in [-0.39, 0.29) is 22.1 Å². The van der Waals surface area contributed by atoms with Crippen molar-refractivity contribution in [1.82, 2.24) is 20.2 Å². The molecule has 2 fully saturated rings. The van der Waals surface area contributed by atoms with E-state index in [9.17, 15) is 17.2 Å². The Morgan fingerprint density at radius 2 is 1.94 bits per heavy atom. The molecule has 2 aromatic rings. The van der Waals surface area contributed by atoms with Crippen LogP contribution in [-0.4, -0.2) is 55.5 Å². The number of anilines is 3. The fraction of sp³-hybridized carbons (Fsp3) is 0.550. The molecular weight excluding hydrogens is 472 g/mol. The number of alkyl halides is 2. The molecule has 180 valence electrons. The lowest BCUT2D eigenvalue weighted by Gasteiger charge is -2.38. The van der Waals surface area contributed by atoms with Crippen molar-refractivity contribution in [2.24, 2.45) is 0 Å². The van der Waals surface area contributed by atoms with Gasteiger partial charge in [0.05, 0.1) is 10.6 Å². The molecule has 2 atom stereocenters. The van der Waals surface area contributed by atoms with Gasteiger partial charge in [0, 0.05) is 48.2 Å². The van der Waals surface area contributed by atoms with E-state index in [0.717, 1.165) is 19.1 Å². The summed E-state index contributed by atoms with van der Waals surface area (Å²) < 4.78 is 55.1. The number of hydrogen-bond acceptors (Lipinski definition) is 9. The highest BCUT2D eigenvalue weighted by molar-refractivity contribution is 7.89. The summed E-state index contributed by atoms with van der Waals surface area (Å²) in [6.07, 6.45) is -0.0983. The first-order chi connectivity index (χ1) is 15.5. The average molecular weight is 500 g/mol. The summed E-state index contributed by atoms with van der Waals surface area (Å²) in [5.74, 6) is 0. The third-order valence-electron chi connectivity index (χ3n) is 5.73. The first-order valence-electron chi connectivity index (χ1n) is 10.6. The number of hydrogen-bond donors (Lipinski definition) is 4. The van der Waals surface area contributed by atoms with E-state index < -0.39 is 27.0 Å². The normalized spacial score (nSPS) is 22.4. The molecule has 1 aromatic heterocycles. The van der Waals surface area contributed by atoms with Crippen molar-refractivity contribution in [3.63, 3.8) is 0 Å². The van der Waals surface area contributed by atoms with Crippen molar-refractivity contribution in [3.05, 3.63) is 22.7 Å². The van der Waals surface area contributed by atoms with Crippen LogP contribution in [0.15, 0.2) is 17.0 Å². The number of rotatable bonds is 8. The molecule has 1 aliphatic carbocycles. The number of aromatic nitrogens is 2. The lowest BCUT2D eigenvalue weighted by atomic mass is 10.1. The Morgan fingerprint density at radius 3 is 2.48 bits per heavy atom. The van der Waals surface area contributed by atoms with Gasteiger partial charge in [0.2, 0.25) is 15.2 Å². The Morgan fingerprint density at radius 1 is 1.27 bits per heavy atom. The van der Waals surface area contributed by atoms with Crippen molar-refractivity contribution in [3.8, 4) is 0 Å². The van der Waals surface area contributed by atoms with Crippen LogP contribution in [-0.2, 0) is 10.0 Å². The van der Waals surface area contributed by atoms with Gasteiger partial charge in [-0.2, -0.15) is 0 Å². The van der Waals surface area contributed by atoms with E-state index in [1.165, 1.54) is 6.07 Å². The van der Waals surface area contributed by atoms with Gasteiger partial charge >= 0.3 is 0 Å². The van der Waals surface area contributed by atoms with Crippen LogP contribution in [0.4, 0.5) is 25.3 Å². The topological polar surface area (TPSA) is 123 Å². The van der Waals surface area contributed by atoms with Gasteiger partial charge in [0.25, 0.3) is 6.43 Å². The first kappa shape index (κ1) is 23.9. The Hall–Kier alpha value is -2.22. The molecule has 1 aliphatic heterocycles. The van der Waals surface area contributed by atoms with Crippen molar-refractivity contribution >= 4 is 44.1 Å². The SMILES string of the molecule is CC1CN(c2cc(S(=O)(=O)NC3(C)CC3)cc(Nc3nnc(C(F)F)s3)c2C=N)CC(C)N1. The van der Waals surface area contributed by atoms with E-state index >= 15 is 0 Å². The molecule has 9 nitrogen and oxygen atoms in total. The lowest BCUT2D eigenvalue weighted by Crippen LogP contribution is -2.54. The second-order valence-electron chi connectivity index (χ2n) is 8.96. The van der Waals surface area contributed by atoms with Crippen molar-refractivity contribution in [1.29, 1.82) is 5.41 Å². The summed E-state index contributed by atoms with van der Waals surface area (Å²) in [5, 5.41) is 21.3. The van der Waals surface area contributed by atoms with Crippen LogP contribution in [0.5, 0.6) is 0 Å². The minimum Gasteiger partial charge on any atom is -0.368 e. The van der Waals surface area contributed by atoms with Gasteiger partial charge in [0.15, 0.2) is 5.01 Å². The highest BCUT2D eigenvalue weighted by atomic mass is 32.2. The maximum absolute atomic E-state index is 13.2. The smallest absolute Gasteiger partial charge is 0.291 e. The molecule has 0 bridgehead atoms. The second kappa shape index (κ2) is 8.85. The zero-order valence-electron chi connectivity index (χ0n) is 18.5. The minimum absolute atomic E-state index is 0.0381.